The van der Waals surface area contributed by atoms with Crippen LogP contribution in [-0.2, 0) is 11.3 Å². The van der Waals surface area contributed by atoms with E-state index in [4.69, 9.17) is 0 Å². The molecule has 3 rings (SSSR count). The summed E-state index contributed by atoms with van der Waals surface area (Å²) in [7, 11) is 0. The van der Waals surface area contributed by atoms with Crippen LogP contribution in [0.4, 0.5) is 0 Å². The second kappa shape index (κ2) is 10.3. The Bertz CT molecular complexity index is 742. The van der Waals surface area contributed by atoms with E-state index in [2.05, 4.69) is 81.6 Å². The van der Waals surface area contributed by atoms with E-state index in [-0.39, 0.29) is 11.8 Å². The molecule has 1 N–H and O–H groups in total. The number of hydrogen-bond acceptors (Lipinski definition) is 3. The van der Waals surface area contributed by atoms with Gasteiger partial charge in [-0.1, -0.05) is 45.8 Å². The van der Waals surface area contributed by atoms with Crippen molar-refractivity contribution in [1.82, 2.24) is 10.2 Å². The van der Waals surface area contributed by atoms with Crippen LogP contribution in [0.2, 0.25) is 0 Å². The number of piperidine rings is 1. The molecule has 0 aromatic heterocycles. The number of benzene rings is 2. The molecule has 1 saturated heterocycles. The SMILES string of the molecule is Cc1ccc(SCCNC(=O)C2CCN(Cc3cccc(Br)c3)CC2)cc1. The molecule has 0 radical (unpaired) electrons. The third-order valence-corrected chi connectivity index (χ3v) is 6.45. The molecule has 0 saturated carbocycles. The molecule has 0 aliphatic carbocycles. The number of thioether (sulfide) groups is 1. The molecule has 1 fully saturated rings. The number of aryl methyl sites for hydroxylation is 1. The standard InChI is InChI=1S/C22H27BrN2OS/c1-17-5-7-21(8-6-17)27-14-11-24-22(26)19-9-12-25(13-10-19)16-18-3-2-4-20(23)15-18/h2-8,15,19H,9-14,16H2,1H3,(H,24,26). The van der Waals surface area contributed by atoms with E-state index in [9.17, 15) is 4.79 Å². The summed E-state index contributed by atoms with van der Waals surface area (Å²) in [6.45, 7) is 5.76. The first-order valence-corrected chi connectivity index (χ1v) is 11.3. The molecule has 1 aliphatic heterocycles. The molecule has 2 aromatic carbocycles. The molecular weight excluding hydrogens is 420 g/mol. The number of likely N-dealkylation sites (tertiary alicyclic amines) is 1. The van der Waals surface area contributed by atoms with Gasteiger partial charge in [0.25, 0.3) is 0 Å². The monoisotopic (exact) mass is 446 g/mol. The summed E-state index contributed by atoms with van der Waals surface area (Å²) in [5.41, 5.74) is 2.60. The first kappa shape index (κ1) is 20.4. The van der Waals surface area contributed by atoms with Crippen molar-refractivity contribution in [3.05, 3.63) is 64.1 Å². The van der Waals surface area contributed by atoms with Crippen molar-refractivity contribution in [3.8, 4) is 0 Å². The Labute approximate surface area is 175 Å². The molecular formula is C22H27BrN2OS. The molecule has 0 spiro atoms. The second-order valence-corrected chi connectivity index (χ2v) is 9.22. The zero-order valence-electron chi connectivity index (χ0n) is 15.8. The van der Waals surface area contributed by atoms with Gasteiger partial charge < -0.3 is 5.32 Å². The van der Waals surface area contributed by atoms with E-state index in [1.54, 1.807) is 11.8 Å². The van der Waals surface area contributed by atoms with Crippen LogP contribution < -0.4 is 5.32 Å². The lowest BCUT2D eigenvalue weighted by molar-refractivity contribution is -0.126. The fourth-order valence-corrected chi connectivity index (χ4v) is 4.58. The summed E-state index contributed by atoms with van der Waals surface area (Å²) in [6, 6.07) is 17.0. The third-order valence-electron chi connectivity index (χ3n) is 4.94. The summed E-state index contributed by atoms with van der Waals surface area (Å²) >= 11 is 5.32. The summed E-state index contributed by atoms with van der Waals surface area (Å²) in [5.74, 6) is 1.30. The van der Waals surface area contributed by atoms with Crippen LogP contribution in [0.1, 0.15) is 24.0 Å². The van der Waals surface area contributed by atoms with Gasteiger partial charge in [-0.15, -0.1) is 11.8 Å². The van der Waals surface area contributed by atoms with E-state index in [1.165, 1.54) is 16.0 Å². The van der Waals surface area contributed by atoms with Crippen molar-refractivity contribution in [2.75, 3.05) is 25.4 Å². The highest BCUT2D eigenvalue weighted by Crippen LogP contribution is 2.21. The number of carbonyl (C=O) groups is 1. The van der Waals surface area contributed by atoms with Crippen LogP contribution in [0, 0.1) is 12.8 Å². The number of amides is 1. The molecule has 0 atom stereocenters. The van der Waals surface area contributed by atoms with Crippen molar-refractivity contribution in [3.63, 3.8) is 0 Å². The fourth-order valence-electron chi connectivity index (χ4n) is 3.37. The first-order valence-electron chi connectivity index (χ1n) is 9.54. The number of nitrogens with one attached hydrogen (secondary N) is 1. The molecule has 1 heterocycles. The summed E-state index contributed by atoms with van der Waals surface area (Å²) < 4.78 is 1.12. The van der Waals surface area contributed by atoms with Crippen molar-refractivity contribution in [2.24, 2.45) is 5.92 Å². The minimum atomic E-state index is 0.160. The van der Waals surface area contributed by atoms with E-state index in [1.807, 2.05) is 0 Å². The predicted molar refractivity (Wildman–Crippen MR) is 117 cm³/mol. The highest BCUT2D eigenvalue weighted by atomic mass is 79.9. The van der Waals surface area contributed by atoms with E-state index in [0.29, 0.717) is 0 Å². The molecule has 27 heavy (non-hydrogen) atoms. The van der Waals surface area contributed by atoms with Crippen LogP contribution in [0.25, 0.3) is 0 Å². The van der Waals surface area contributed by atoms with E-state index >= 15 is 0 Å². The van der Waals surface area contributed by atoms with E-state index < -0.39 is 0 Å². The van der Waals surface area contributed by atoms with Gasteiger partial charge in [0.05, 0.1) is 0 Å². The van der Waals surface area contributed by atoms with Crippen molar-refractivity contribution in [1.29, 1.82) is 0 Å². The van der Waals surface area contributed by atoms with Gasteiger partial charge in [-0.25, -0.2) is 0 Å². The van der Waals surface area contributed by atoms with Crippen LogP contribution in [0.5, 0.6) is 0 Å². The molecule has 3 nitrogen and oxygen atoms in total. The largest absolute Gasteiger partial charge is 0.355 e. The highest BCUT2D eigenvalue weighted by molar-refractivity contribution is 9.10. The van der Waals surface area contributed by atoms with Gasteiger partial charge in [-0.2, -0.15) is 0 Å². The number of carbonyl (C=O) groups excluding carboxylic acids is 1. The molecule has 0 bridgehead atoms. The van der Waals surface area contributed by atoms with Crippen LogP contribution in [0.15, 0.2) is 57.9 Å². The molecule has 144 valence electrons. The molecule has 0 unspecified atom stereocenters. The van der Waals surface area contributed by atoms with Gasteiger partial charge >= 0.3 is 0 Å². The quantitative estimate of drug-likeness (QED) is 0.485. The maximum atomic E-state index is 12.4. The molecule has 1 amide bonds. The molecule has 1 aliphatic rings. The van der Waals surface area contributed by atoms with E-state index in [0.717, 1.165) is 49.2 Å². The summed E-state index contributed by atoms with van der Waals surface area (Å²) in [5, 5.41) is 3.12. The topological polar surface area (TPSA) is 32.3 Å². The van der Waals surface area contributed by atoms with Crippen LogP contribution in [-0.4, -0.2) is 36.2 Å². The minimum absolute atomic E-state index is 0.160. The maximum absolute atomic E-state index is 12.4. The molecule has 5 heteroatoms. The van der Waals surface area contributed by atoms with Gasteiger partial charge in [-0.3, -0.25) is 9.69 Å². The minimum Gasteiger partial charge on any atom is -0.355 e. The first-order chi connectivity index (χ1) is 13.1. The van der Waals surface area contributed by atoms with Gasteiger partial charge in [0.1, 0.15) is 0 Å². The normalized spacial score (nSPS) is 15.6. The van der Waals surface area contributed by atoms with Crippen molar-refractivity contribution < 1.29 is 4.79 Å². The summed E-state index contributed by atoms with van der Waals surface area (Å²) in [4.78, 5) is 16.1. The number of nitrogens with zero attached hydrogens (tertiary/aromatic N) is 1. The Morgan fingerprint density at radius 2 is 1.93 bits per heavy atom. The Morgan fingerprint density at radius 3 is 2.63 bits per heavy atom. The van der Waals surface area contributed by atoms with Gasteiger partial charge in [-0.05, 0) is 62.7 Å². The second-order valence-electron chi connectivity index (χ2n) is 7.13. The third kappa shape index (κ3) is 6.66. The van der Waals surface area contributed by atoms with Gasteiger partial charge in [0.2, 0.25) is 5.91 Å². The predicted octanol–water partition coefficient (Wildman–Crippen LogP) is 4.88. The smallest absolute Gasteiger partial charge is 0.223 e. The van der Waals surface area contributed by atoms with Gasteiger partial charge in [0, 0.05) is 34.1 Å². The Morgan fingerprint density at radius 1 is 1.19 bits per heavy atom. The number of halogens is 1. The fraction of sp³-hybridized carbons (Fsp3) is 0.409. The van der Waals surface area contributed by atoms with Crippen molar-refractivity contribution >= 4 is 33.6 Å². The lowest BCUT2D eigenvalue weighted by Crippen LogP contribution is -2.40. The Hall–Kier alpha value is -1.30. The Kier molecular flexibility index (Phi) is 7.80. The highest BCUT2D eigenvalue weighted by Gasteiger charge is 2.24. The zero-order chi connectivity index (χ0) is 19.1. The van der Waals surface area contributed by atoms with Crippen LogP contribution in [0.3, 0.4) is 0 Å². The average Bonchev–Trinajstić information content (AvgIpc) is 2.67. The number of rotatable bonds is 7. The lowest BCUT2D eigenvalue weighted by Gasteiger charge is -2.31. The average molecular weight is 447 g/mol. The summed E-state index contributed by atoms with van der Waals surface area (Å²) in [6.07, 6.45) is 1.90. The lowest BCUT2D eigenvalue weighted by atomic mass is 9.95. The van der Waals surface area contributed by atoms with Crippen LogP contribution >= 0.6 is 27.7 Å². The zero-order valence-corrected chi connectivity index (χ0v) is 18.2. The van der Waals surface area contributed by atoms with Gasteiger partial charge in [0.15, 0.2) is 0 Å². The number of hydrogen-bond donors (Lipinski definition) is 1. The van der Waals surface area contributed by atoms with Crippen molar-refractivity contribution in [2.45, 2.75) is 31.2 Å². The molecule has 2 aromatic rings. The maximum Gasteiger partial charge on any atom is 0.223 e. The Balaban J connectivity index is 1.34.